The number of nitrogens with zero attached hydrogens (tertiary/aromatic N) is 2. The van der Waals surface area contributed by atoms with Crippen LogP contribution in [-0.4, -0.2) is 67.9 Å². The Morgan fingerprint density at radius 2 is 2.13 bits per heavy atom. The van der Waals surface area contributed by atoms with E-state index < -0.39 is 22.2 Å². The number of carbonyl (C=O) groups is 1. The zero-order valence-corrected chi connectivity index (χ0v) is 9.49. The van der Waals surface area contributed by atoms with Crippen LogP contribution < -0.4 is 5.32 Å². The Bertz CT molecular complexity index is 340. The standard InChI is InChI=1S/C7H15N3O4S/c1-9(2)15(13,14)10-4-3-8-6(5-10)7(11)12/h6,8H,3-5H2,1-2H3,(H,11,12). The van der Waals surface area contributed by atoms with Crippen LogP contribution in [0.3, 0.4) is 0 Å². The Hall–Kier alpha value is -0.700. The predicted octanol–water partition coefficient (Wildman–Crippen LogP) is -1.85. The molecule has 15 heavy (non-hydrogen) atoms. The van der Waals surface area contributed by atoms with Gasteiger partial charge in [0.25, 0.3) is 10.2 Å². The summed E-state index contributed by atoms with van der Waals surface area (Å²) in [7, 11) is -0.656. The van der Waals surface area contributed by atoms with Crippen LogP contribution in [0.25, 0.3) is 0 Å². The van der Waals surface area contributed by atoms with Gasteiger partial charge in [-0.1, -0.05) is 0 Å². The van der Waals surface area contributed by atoms with Crippen LogP contribution in [0.5, 0.6) is 0 Å². The summed E-state index contributed by atoms with van der Waals surface area (Å²) < 4.78 is 25.6. The molecular weight excluding hydrogens is 222 g/mol. The minimum Gasteiger partial charge on any atom is -0.480 e. The van der Waals surface area contributed by atoms with Crippen LogP contribution in [0.2, 0.25) is 0 Å². The van der Waals surface area contributed by atoms with Gasteiger partial charge in [-0.2, -0.15) is 17.0 Å². The first-order valence-corrected chi connectivity index (χ1v) is 5.89. The molecule has 0 spiro atoms. The van der Waals surface area contributed by atoms with Gasteiger partial charge in [0, 0.05) is 33.7 Å². The van der Waals surface area contributed by atoms with E-state index in [0.29, 0.717) is 13.1 Å². The van der Waals surface area contributed by atoms with Crippen LogP contribution >= 0.6 is 0 Å². The molecule has 0 saturated carbocycles. The van der Waals surface area contributed by atoms with E-state index in [-0.39, 0.29) is 6.54 Å². The summed E-state index contributed by atoms with van der Waals surface area (Å²) in [4.78, 5) is 10.7. The normalized spacial score (nSPS) is 24.3. The van der Waals surface area contributed by atoms with Gasteiger partial charge in [0.2, 0.25) is 0 Å². The Balaban J connectivity index is 2.77. The Morgan fingerprint density at radius 1 is 1.53 bits per heavy atom. The molecular formula is C7H15N3O4S. The smallest absolute Gasteiger partial charge is 0.322 e. The second-order valence-corrected chi connectivity index (χ2v) is 5.64. The van der Waals surface area contributed by atoms with Gasteiger partial charge in [0.15, 0.2) is 0 Å². The zero-order valence-electron chi connectivity index (χ0n) is 8.67. The molecule has 88 valence electrons. The number of nitrogens with one attached hydrogen (secondary N) is 1. The number of hydrogen-bond donors (Lipinski definition) is 2. The third kappa shape index (κ3) is 2.65. The molecule has 1 fully saturated rings. The van der Waals surface area contributed by atoms with Crippen molar-refractivity contribution in [2.24, 2.45) is 0 Å². The molecule has 1 saturated heterocycles. The van der Waals surface area contributed by atoms with E-state index in [1.807, 2.05) is 0 Å². The monoisotopic (exact) mass is 237 g/mol. The molecule has 7 nitrogen and oxygen atoms in total. The summed E-state index contributed by atoms with van der Waals surface area (Å²) in [6.07, 6.45) is 0. The summed E-state index contributed by atoms with van der Waals surface area (Å²) >= 11 is 0. The molecule has 0 aromatic rings. The molecule has 1 heterocycles. The first kappa shape index (κ1) is 12.4. The molecule has 0 bridgehead atoms. The van der Waals surface area contributed by atoms with Crippen molar-refractivity contribution in [3.05, 3.63) is 0 Å². The third-order valence-electron chi connectivity index (χ3n) is 2.22. The Kier molecular flexibility index (Phi) is 3.66. The maximum Gasteiger partial charge on any atom is 0.322 e. The van der Waals surface area contributed by atoms with E-state index in [2.05, 4.69) is 5.32 Å². The molecule has 1 aliphatic heterocycles. The van der Waals surface area contributed by atoms with Crippen molar-refractivity contribution >= 4 is 16.2 Å². The fourth-order valence-electron chi connectivity index (χ4n) is 1.33. The van der Waals surface area contributed by atoms with Gasteiger partial charge in [-0.25, -0.2) is 0 Å². The van der Waals surface area contributed by atoms with Gasteiger partial charge in [-0.05, 0) is 0 Å². The molecule has 0 radical (unpaired) electrons. The van der Waals surface area contributed by atoms with Gasteiger partial charge in [-0.15, -0.1) is 0 Å². The number of carboxylic acids is 1. The number of hydrogen-bond acceptors (Lipinski definition) is 4. The van der Waals surface area contributed by atoms with Gasteiger partial charge in [-0.3, -0.25) is 4.79 Å². The lowest BCUT2D eigenvalue weighted by atomic mass is 10.2. The highest BCUT2D eigenvalue weighted by atomic mass is 32.2. The van der Waals surface area contributed by atoms with Crippen LogP contribution in [0.15, 0.2) is 0 Å². The van der Waals surface area contributed by atoms with Gasteiger partial charge < -0.3 is 10.4 Å². The first-order valence-electron chi connectivity index (χ1n) is 4.49. The number of piperazine rings is 1. The largest absolute Gasteiger partial charge is 0.480 e. The zero-order chi connectivity index (χ0) is 11.6. The van der Waals surface area contributed by atoms with E-state index in [0.717, 1.165) is 4.31 Å². The van der Waals surface area contributed by atoms with Crippen molar-refractivity contribution in [3.8, 4) is 0 Å². The van der Waals surface area contributed by atoms with Crippen molar-refractivity contribution in [1.29, 1.82) is 0 Å². The van der Waals surface area contributed by atoms with E-state index >= 15 is 0 Å². The summed E-state index contributed by atoms with van der Waals surface area (Å²) in [5, 5.41) is 11.5. The molecule has 2 N–H and O–H groups in total. The summed E-state index contributed by atoms with van der Waals surface area (Å²) in [6, 6.07) is -0.825. The molecule has 0 aromatic heterocycles. The van der Waals surface area contributed by atoms with Crippen LogP contribution in [0.1, 0.15) is 0 Å². The average molecular weight is 237 g/mol. The molecule has 1 atom stereocenters. The molecule has 0 aromatic carbocycles. The molecule has 0 amide bonds. The van der Waals surface area contributed by atoms with Crippen molar-refractivity contribution in [2.45, 2.75) is 6.04 Å². The lowest BCUT2D eigenvalue weighted by molar-refractivity contribution is -0.140. The lowest BCUT2D eigenvalue weighted by Crippen LogP contribution is -2.57. The maximum absolute atomic E-state index is 11.7. The maximum atomic E-state index is 11.7. The van der Waals surface area contributed by atoms with E-state index in [4.69, 9.17) is 5.11 Å². The highest BCUT2D eigenvalue weighted by Gasteiger charge is 2.32. The van der Waals surface area contributed by atoms with Crippen molar-refractivity contribution in [3.63, 3.8) is 0 Å². The molecule has 1 rings (SSSR count). The summed E-state index contributed by atoms with van der Waals surface area (Å²) in [6.45, 7) is 0.615. The highest BCUT2D eigenvalue weighted by molar-refractivity contribution is 7.86. The first-order chi connectivity index (χ1) is 6.85. The topological polar surface area (TPSA) is 90.0 Å². The second-order valence-electron chi connectivity index (χ2n) is 3.49. The van der Waals surface area contributed by atoms with Crippen molar-refractivity contribution in [2.75, 3.05) is 33.7 Å². The van der Waals surface area contributed by atoms with Gasteiger partial charge >= 0.3 is 5.97 Å². The Labute approximate surface area is 88.8 Å². The highest BCUT2D eigenvalue weighted by Crippen LogP contribution is 2.08. The quantitative estimate of drug-likeness (QED) is 0.601. The van der Waals surface area contributed by atoms with Crippen LogP contribution in [0, 0.1) is 0 Å². The number of aliphatic carboxylic acids is 1. The second kappa shape index (κ2) is 4.44. The van der Waals surface area contributed by atoms with E-state index in [9.17, 15) is 13.2 Å². The average Bonchev–Trinajstić information content (AvgIpc) is 2.17. The fraction of sp³-hybridized carbons (Fsp3) is 0.857. The van der Waals surface area contributed by atoms with E-state index in [1.54, 1.807) is 0 Å². The molecule has 1 unspecified atom stereocenters. The third-order valence-corrected chi connectivity index (χ3v) is 4.13. The predicted molar refractivity (Wildman–Crippen MR) is 53.6 cm³/mol. The SMILES string of the molecule is CN(C)S(=O)(=O)N1CCNC(C(=O)O)C1. The van der Waals surface area contributed by atoms with Gasteiger partial charge in [0.05, 0.1) is 0 Å². The van der Waals surface area contributed by atoms with Gasteiger partial charge in [0.1, 0.15) is 6.04 Å². The Morgan fingerprint density at radius 3 is 2.60 bits per heavy atom. The number of rotatable bonds is 3. The van der Waals surface area contributed by atoms with Crippen molar-refractivity contribution in [1.82, 2.24) is 13.9 Å². The molecule has 8 heteroatoms. The minimum atomic E-state index is -3.50. The summed E-state index contributed by atoms with van der Waals surface area (Å²) in [5.41, 5.74) is 0. The summed E-state index contributed by atoms with van der Waals surface area (Å²) in [5.74, 6) is -1.03. The molecule has 1 aliphatic rings. The molecule has 0 aliphatic carbocycles. The van der Waals surface area contributed by atoms with Crippen LogP contribution in [0.4, 0.5) is 0 Å². The van der Waals surface area contributed by atoms with Crippen LogP contribution in [-0.2, 0) is 15.0 Å². The fourth-order valence-corrected chi connectivity index (χ4v) is 2.45. The van der Waals surface area contributed by atoms with Crippen molar-refractivity contribution < 1.29 is 18.3 Å². The number of carboxylic acid groups (broad SMARTS) is 1. The minimum absolute atomic E-state index is 0.0319. The van der Waals surface area contributed by atoms with E-state index in [1.165, 1.54) is 18.4 Å². The lowest BCUT2D eigenvalue weighted by Gasteiger charge is -2.32.